The third kappa shape index (κ3) is 2.61. The van der Waals surface area contributed by atoms with Gasteiger partial charge >= 0.3 is 0 Å². The van der Waals surface area contributed by atoms with E-state index < -0.39 is 0 Å². The molecule has 2 aromatic heterocycles. The van der Waals surface area contributed by atoms with Crippen molar-refractivity contribution < 1.29 is 4.79 Å². The monoisotopic (exact) mass is 301 g/mol. The van der Waals surface area contributed by atoms with Crippen molar-refractivity contribution in [2.75, 3.05) is 5.32 Å². The van der Waals surface area contributed by atoms with Crippen molar-refractivity contribution in [3.8, 4) is 9.88 Å². The highest BCUT2D eigenvalue weighted by Gasteiger charge is 2.16. The molecule has 1 aromatic carbocycles. The van der Waals surface area contributed by atoms with Crippen LogP contribution in [-0.4, -0.2) is 15.9 Å². The summed E-state index contributed by atoms with van der Waals surface area (Å²) in [6.07, 6.45) is 1.77. The minimum absolute atomic E-state index is 0.123. The second kappa shape index (κ2) is 5.52. The lowest BCUT2D eigenvalue weighted by Gasteiger charge is -2.02. The summed E-state index contributed by atoms with van der Waals surface area (Å²) in [5, 5.41) is 3.71. The number of rotatable bonds is 3. The van der Waals surface area contributed by atoms with Gasteiger partial charge in [-0.05, 0) is 19.1 Å². The maximum Gasteiger partial charge on any atom is 0.267 e. The number of carbonyl (C=O) groups is 1. The second-order valence-corrected chi connectivity index (χ2v) is 6.00. The van der Waals surface area contributed by atoms with Crippen molar-refractivity contribution in [1.29, 1.82) is 0 Å². The molecule has 1 amide bonds. The highest BCUT2D eigenvalue weighted by molar-refractivity contribution is 7.22. The summed E-state index contributed by atoms with van der Waals surface area (Å²) in [7, 11) is 0. The van der Waals surface area contributed by atoms with E-state index in [0.717, 1.165) is 21.3 Å². The summed E-state index contributed by atoms with van der Waals surface area (Å²) in [6.45, 7) is 1.85. The number of carbonyl (C=O) groups excluding carboxylic acids is 1. The van der Waals surface area contributed by atoms with E-state index >= 15 is 0 Å². The molecule has 0 unspecified atom stereocenters. The highest BCUT2D eigenvalue weighted by atomic mass is 32.1. The molecule has 20 heavy (non-hydrogen) atoms. The molecular weight excluding hydrogens is 290 g/mol. The smallest absolute Gasteiger partial charge is 0.267 e. The van der Waals surface area contributed by atoms with Gasteiger partial charge in [0, 0.05) is 11.9 Å². The topological polar surface area (TPSA) is 54.9 Å². The number of aromatic nitrogens is 2. The molecule has 0 saturated carbocycles. The molecule has 2 heterocycles. The number of hydrogen-bond acceptors (Lipinski definition) is 5. The Kier molecular flexibility index (Phi) is 3.58. The fourth-order valence-corrected chi connectivity index (χ4v) is 3.38. The summed E-state index contributed by atoms with van der Waals surface area (Å²) < 4.78 is 0. The van der Waals surface area contributed by atoms with Gasteiger partial charge in [-0.3, -0.25) is 9.78 Å². The van der Waals surface area contributed by atoms with Crippen molar-refractivity contribution in [1.82, 2.24) is 9.97 Å². The van der Waals surface area contributed by atoms with Gasteiger partial charge in [-0.15, -0.1) is 22.7 Å². The highest BCUT2D eigenvalue weighted by Crippen LogP contribution is 2.30. The van der Waals surface area contributed by atoms with Crippen LogP contribution >= 0.6 is 22.7 Å². The SMILES string of the molecule is Cc1nc(-c2cncs2)sc1C(=O)Nc1ccccc1. The van der Waals surface area contributed by atoms with Gasteiger partial charge in [-0.1, -0.05) is 18.2 Å². The van der Waals surface area contributed by atoms with Crippen molar-refractivity contribution in [3.05, 3.63) is 52.6 Å². The van der Waals surface area contributed by atoms with E-state index in [0.29, 0.717) is 4.88 Å². The molecule has 0 aliphatic carbocycles. The van der Waals surface area contributed by atoms with E-state index in [2.05, 4.69) is 15.3 Å². The normalized spacial score (nSPS) is 10.4. The number of nitrogens with one attached hydrogen (secondary N) is 1. The fourth-order valence-electron chi connectivity index (χ4n) is 1.74. The van der Waals surface area contributed by atoms with Gasteiger partial charge in [0.1, 0.15) is 9.88 Å². The molecule has 0 spiro atoms. The number of amides is 1. The number of nitrogens with zero attached hydrogens (tertiary/aromatic N) is 2. The van der Waals surface area contributed by atoms with Crippen LogP contribution in [0.1, 0.15) is 15.4 Å². The van der Waals surface area contributed by atoms with E-state index in [1.54, 1.807) is 11.7 Å². The van der Waals surface area contributed by atoms with Crippen LogP contribution in [-0.2, 0) is 0 Å². The van der Waals surface area contributed by atoms with Gasteiger partial charge < -0.3 is 5.32 Å². The number of benzene rings is 1. The average molecular weight is 301 g/mol. The Morgan fingerprint density at radius 1 is 1.25 bits per heavy atom. The maximum absolute atomic E-state index is 12.3. The van der Waals surface area contributed by atoms with E-state index in [-0.39, 0.29) is 5.91 Å². The molecule has 1 N–H and O–H groups in total. The van der Waals surface area contributed by atoms with E-state index in [1.807, 2.05) is 37.3 Å². The Bertz CT molecular complexity index is 720. The van der Waals surface area contributed by atoms with Gasteiger partial charge in [0.2, 0.25) is 0 Å². The summed E-state index contributed by atoms with van der Waals surface area (Å²) in [5.41, 5.74) is 3.28. The lowest BCUT2D eigenvalue weighted by atomic mass is 10.3. The van der Waals surface area contributed by atoms with E-state index in [4.69, 9.17) is 0 Å². The predicted octanol–water partition coefficient (Wildman–Crippen LogP) is 3.83. The Morgan fingerprint density at radius 3 is 2.75 bits per heavy atom. The molecule has 6 heteroatoms. The molecule has 0 bridgehead atoms. The van der Waals surface area contributed by atoms with Crippen LogP contribution in [0.25, 0.3) is 9.88 Å². The Hall–Kier alpha value is -2.05. The van der Waals surface area contributed by atoms with Gasteiger partial charge in [0.25, 0.3) is 5.91 Å². The summed E-state index contributed by atoms with van der Waals surface area (Å²) in [5.74, 6) is -0.123. The van der Waals surface area contributed by atoms with Crippen LogP contribution in [0.4, 0.5) is 5.69 Å². The minimum Gasteiger partial charge on any atom is -0.321 e. The summed E-state index contributed by atoms with van der Waals surface area (Å²) in [4.78, 5) is 22.4. The third-order valence-corrected chi connectivity index (χ3v) is 4.78. The molecule has 4 nitrogen and oxygen atoms in total. The molecule has 100 valence electrons. The van der Waals surface area contributed by atoms with Crippen LogP contribution in [0.5, 0.6) is 0 Å². The Labute approximate surface area is 124 Å². The quantitative estimate of drug-likeness (QED) is 0.800. The first-order chi connectivity index (χ1) is 9.74. The number of thiazole rings is 2. The molecule has 3 rings (SSSR count). The van der Waals surface area contributed by atoms with Crippen molar-refractivity contribution in [3.63, 3.8) is 0 Å². The van der Waals surface area contributed by atoms with Gasteiger partial charge in [0.05, 0.1) is 16.1 Å². The van der Waals surface area contributed by atoms with Crippen molar-refractivity contribution >= 4 is 34.3 Å². The number of aryl methyl sites for hydroxylation is 1. The molecule has 0 aliphatic heterocycles. The van der Waals surface area contributed by atoms with Crippen molar-refractivity contribution in [2.24, 2.45) is 0 Å². The molecule has 0 fully saturated rings. The van der Waals surface area contributed by atoms with Crippen LogP contribution in [0.3, 0.4) is 0 Å². The minimum atomic E-state index is -0.123. The molecule has 0 atom stereocenters. The second-order valence-electron chi connectivity index (χ2n) is 4.12. The first-order valence-corrected chi connectivity index (χ1v) is 7.66. The standard InChI is InChI=1S/C14H11N3OS2/c1-9-12(13(18)17-10-5-3-2-4-6-10)20-14(16-9)11-7-15-8-19-11/h2-8H,1H3,(H,17,18). The van der Waals surface area contributed by atoms with Gasteiger partial charge in [0.15, 0.2) is 0 Å². The molecule has 0 aliphatic rings. The number of anilines is 1. The van der Waals surface area contributed by atoms with Crippen LogP contribution in [0.2, 0.25) is 0 Å². The van der Waals surface area contributed by atoms with E-state index in [1.165, 1.54) is 22.7 Å². The zero-order valence-electron chi connectivity index (χ0n) is 10.7. The molecule has 0 saturated heterocycles. The van der Waals surface area contributed by atoms with E-state index in [9.17, 15) is 4.79 Å². The zero-order chi connectivity index (χ0) is 13.9. The lowest BCUT2D eigenvalue weighted by Crippen LogP contribution is -2.11. The van der Waals surface area contributed by atoms with Crippen LogP contribution in [0, 0.1) is 6.92 Å². The molecular formula is C14H11N3OS2. The summed E-state index contributed by atoms with van der Waals surface area (Å²) >= 11 is 2.91. The first-order valence-electron chi connectivity index (χ1n) is 5.97. The fraction of sp³-hybridized carbons (Fsp3) is 0.0714. The van der Waals surface area contributed by atoms with Gasteiger partial charge in [-0.25, -0.2) is 4.98 Å². The first kappa shape index (κ1) is 13.0. The van der Waals surface area contributed by atoms with Gasteiger partial charge in [-0.2, -0.15) is 0 Å². The maximum atomic E-state index is 12.3. The zero-order valence-corrected chi connectivity index (χ0v) is 12.3. The number of para-hydroxylation sites is 1. The van der Waals surface area contributed by atoms with Crippen molar-refractivity contribution in [2.45, 2.75) is 6.92 Å². The number of hydrogen-bond donors (Lipinski definition) is 1. The van der Waals surface area contributed by atoms with Crippen LogP contribution < -0.4 is 5.32 Å². The van der Waals surface area contributed by atoms with Crippen LogP contribution in [0.15, 0.2) is 42.0 Å². The Morgan fingerprint density at radius 2 is 2.05 bits per heavy atom. The predicted molar refractivity (Wildman–Crippen MR) is 82.4 cm³/mol. The lowest BCUT2D eigenvalue weighted by molar-refractivity contribution is 0.103. The molecule has 0 radical (unpaired) electrons. The largest absolute Gasteiger partial charge is 0.321 e. The third-order valence-electron chi connectivity index (χ3n) is 2.68. The molecule has 3 aromatic rings. The Balaban J connectivity index is 1.85. The average Bonchev–Trinajstić information content (AvgIpc) is 3.08. The summed E-state index contributed by atoms with van der Waals surface area (Å²) in [6, 6.07) is 9.40.